The lowest BCUT2D eigenvalue weighted by atomic mass is 10.2. The molecule has 0 aliphatic carbocycles. The molecule has 3 rings (SSSR count). The first kappa shape index (κ1) is 22.9. The summed E-state index contributed by atoms with van der Waals surface area (Å²) in [5.41, 5.74) is 2.63. The van der Waals surface area contributed by atoms with Crippen LogP contribution in [0.15, 0.2) is 54.6 Å². The Morgan fingerprint density at radius 1 is 0.906 bits per heavy atom. The molecule has 0 saturated carbocycles. The van der Waals surface area contributed by atoms with Crippen LogP contribution in [0.25, 0.3) is 0 Å². The molecule has 0 spiro atoms. The maximum Gasteiger partial charge on any atom is 0.344 e. The highest BCUT2D eigenvalue weighted by Crippen LogP contribution is 2.17. The summed E-state index contributed by atoms with van der Waals surface area (Å²) in [7, 11) is 0. The van der Waals surface area contributed by atoms with Crippen molar-refractivity contribution in [2.75, 3.05) is 25.1 Å². The summed E-state index contributed by atoms with van der Waals surface area (Å²) in [4.78, 5) is 24.3. The number of carbonyl (C=O) groups excluding carboxylic acids is 2. The first-order valence-electron chi connectivity index (χ1n) is 10.3. The standard InChI is InChI=1S/C24H27N3O5/c1-17-8-4-6-10-20(17)31-15-23(28)25-22-14-19(3)26-27(22)12-13-30-24(29)16-32-21-11-7-5-9-18(21)2/h4-11,14H,12-13,15-16H2,1-3H3,(H,25,28). The number of anilines is 1. The van der Waals surface area contributed by atoms with E-state index in [0.717, 1.165) is 16.8 Å². The topological polar surface area (TPSA) is 91.7 Å². The molecule has 0 atom stereocenters. The van der Waals surface area contributed by atoms with Gasteiger partial charge in [0.05, 0.1) is 12.2 Å². The van der Waals surface area contributed by atoms with Gasteiger partial charge in [0.15, 0.2) is 13.2 Å². The van der Waals surface area contributed by atoms with Gasteiger partial charge in [-0.3, -0.25) is 4.79 Å². The second kappa shape index (κ2) is 11.0. The number of nitrogens with zero attached hydrogens (tertiary/aromatic N) is 2. The average molecular weight is 437 g/mol. The zero-order valence-electron chi connectivity index (χ0n) is 18.5. The third kappa shape index (κ3) is 6.60. The number of benzene rings is 2. The second-order valence-corrected chi connectivity index (χ2v) is 7.27. The number of hydrogen-bond donors (Lipinski definition) is 1. The maximum atomic E-state index is 12.3. The summed E-state index contributed by atoms with van der Waals surface area (Å²) in [6, 6.07) is 16.7. The molecular formula is C24H27N3O5. The molecule has 1 N–H and O–H groups in total. The molecule has 0 radical (unpaired) electrons. The van der Waals surface area contributed by atoms with E-state index in [-0.39, 0.29) is 32.3 Å². The van der Waals surface area contributed by atoms with Gasteiger partial charge < -0.3 is 19.5 Å². The predicted molar refractivity (Wildman–Crippen MR) is 120 cm³/mol. The van der Waals surface area contributed by atoms with Gasteiger partial charge >= 0.3 is 5.97 Å². The number of rotatable bonds is 10. The summed E-state index contributed by atoms with van der Waals surface area (Å²) in [5.74, 6) is 1.03. The molecule has 3 aromatic rings. The van der Waals surface area contributed by atoms with Crippen molar-refractivity contribution in [3.63, 3.8) is 0 Å². The molecule has 168 valence electrons. The predicted octanol–water partition coefficient (Wildman–Crippen LogP) is 3.45. The number of aromatic nitrogens is 2. The van der Waals surface area contributed by atoms with Gasteiger partial charge in [0.1, 0.15) is 23.9 Å². The van der Waals surface area contributed by atoms with Crippen LogP contribution >= 0.6 is 0 Å². The van der Waals surface area contributed by atoms with Crippen molar-refractivity contribution in [1.29, 1.82) is 0 Å². The van der Waals surface area contributed by atoms with E-state index >= 15 is 0 Å². The third-order valence-electron chi connectivity index (χ3n) is 4.63. The van der Waals surface area contributed by atoms with Crippen LogP contribution in [0.3, 0.4) is 0 Å². The molecule has 0 bridgehead atoms. The molecule has 0 aliphatic heterocycles. The second-order valence-electron chi connectivity index (χ2n) is 7.27. The Labute approximate surface area is 187 Å². The molecule has 2 aromatic carbocycles. The van der Waals surface area contributed by atoms with Crippen LogP contribution in [0.5, 0.6) is 11.5 Å². The van der Waals surface area contributed by atoms with Crippen molar-refractivity contribution >= 4 is 17.7 Å². The zero-order chi connectivity index (χ0) is 22.9. The molecule has 0 unspecified atom stereocenters. The van der Waals surface area contributed by atoms with E-state index in [0.29, 0.717) is 17.3 Å². The van der Waals surface area contributed by atoms with Crippen molar-refractivity contribution in [3.8, 4) is 11.5 Å². The number of hydrogen-bond acceptors (Lipinski definition) is 6. The van der Waals surface area contributed by atoms with E-state index in [4.69, 9.17) is 14.2 Å². The van der Waals surface area contributed by atoms with Crippen LogP contribution in [-0.2, 0) is 20.9 Å². The quantitative estimate of drug-likeness (QED) is 0.489. The molecule has 0 aliphatic rings. The fourth-order valence-electron chi connectivity index (χ4n) is 3.00. The highest BCUT2D eigenvalue weighted by molar-refractivity contribution is 5.91. The SMILES string of the molecule is Cc1cc(NC(=O)COc2ccccc2C)n(CCOC(=O)COc2ccccc2C)n1. The first-order valence-corrected chi connectivity index (χ1v) is 10.3. The Balaban J connectivity index is 1.45. The minimum absolute atomic E-state index is 0.0969. The molecule has 0 saturated heterocycles. The summed E-state index contributed by atoms with van der Waals surface area (Å²) in [6.07, 6.45) is 0. The molecule has 1 amide bonds. The van der Waals surface area contributed by atoms with Crippen molar-refractivity contribution in [2.45, 2.75) is 27.3 Å². The van der Waals surface area contributed by atoms with Crippen LogP contribution in [0, 0.1) is 20.8 Å². The van der Waals surface area contributed by atoms with Crippen molar-refractivity contribution in [1.82, 2.24) is 9.78 Å². The van der Waals surface area contributed by atoms with Crippen molar-refractivity contribution in [2.24, 2.45) is 0 Å². The van der Waals surface area contributed by atoms with Gasteiger partial charge in [-0.1, -0.05) is 36.4 Å². The van der Waals surface area contributed by atoms with Gasteiger partial charge in [-0.25, -0.2) is 9.48 Å². The highest BCUT2D eigenvalue weighted by Gasteiger charge is 2.12. The van der Waals surface area contributed by atoms with Gasteiger partial charge in [-0.2, -0.15) is 5.10 Å². The van der Waals surface area contributed by atoms with E-state index in [2.05, 4.69) is 10.4 Å². The van der Waals surface area contributed by atoms with Crippen LogP contribution in [0.2, 0.25) is 0 Å². The number of nitrogens with one attached hydrogen (secondary N) is 1. The summed E-state index contributed by atoms with van der Waals surface area (Å²) >= 11 is 0. The van der Waals surface area contributed by atoms with Gasteiger partial charge in [0.25, 0.3) is 5.91 Å². The van der Waals surface area contributed by atoms with E-state index in [1.54, 1.807) is 16.8 Å². The number of para-hydroxylation sites is 2. The Hall–Kier alpha value is -3.81. The number of esters is 1. The minimum atomic E-state index is -0.477. The van der Waals surface area contributed by atoms with Crippen molar-refractivity contribution < 1.29 is 23.8 Å². The van der Waals surface area contributed by atoms with Gasteiger partial charge in [-0.15, -0.1) is 0 Å². The number of amides is 1. The number of aryl methyl sites for hydroxylation is 3. The lowest BCUT2D eigenvalue weighted by Gasteiger charge is -2.12. The third-order valence-corrected chi connectivity index (χ3v) is 4.63. The smallest absolute Gasteiger partial charge is 0.344 e. The minimum Gasteiger partial charge on any atom is -0.483 e. The van der Waals surface area contributed by atoms with Crippen LogP contribution in [-0.4, -0.2) is 41.5 Å². The van der Waals surface area contributed by atoms with Crippen LogP contribution in [0.4, 0.5) is 5.82 Å². The Kier molecular flexibility index (Phi) is 7.85. The fraction of sp³-hybridized carbons (Fsp3) is 0.292. The van der Waals surface area contributed by atoms with Gasteiger partial charge in [0, 0.05) is 6.07 Å². The average Bonchev–Trinajstić information content (AvgIpc) is 3.11. The number of carbonyl (C=O) groups is 2. The normalized spacial score (nSPS) is 10.5. The molecule has 8 heteroatoms. The largest absolute Gasteiger partial charge is 0.483 e. The number of ether oxygens (including phenoxy) is 3. The molecule has 8 nitrogen and oxygen atoms in total. The van der Waals surface area contributed by atoms with Crippen molar-refractivity contribution in [3.05, 3.63) is 71.4 Å². The van der Waals surface area contributed by atoms with Crippen LogP contribution in [0.1, 0.15) is 16.8 Å². The summed E-state index contributed by atoms with van der Waals surface area (Å²) in [6.45, 7) is 5.72. The van der Waals surface area contributed by atoms with E-state index in [1.165, 1.54) is 0 Å². The van der Waals surface area contributed by atoms with Crippen LogP contribution < -0.4 is 14.8 Å². The fourth-order valence-corrected chi connectivity index (χ4v) is 3.00. The highest BCUT2D eigenvalue weighted by atomic mass is 16.6. The maximum absolute atomic E-state index is 12.3. The van der Waals surface area contributed by atoms with Gasteiger partial charge in [-0.05, 0) is 44.0 Å². The molecular weight excluding hydrogens is 410 g/mol. The van der Waals surface area contributed by atoms with E-state index in [9.17, 15) is 9.59 Å². The molecule has 1 aromatic heterocycles. The molecule has 0 fully saturated rings. The van der Waals surface area contributed by atoms with E-state index < -0.39 is 5.97 Å². The van der Waals surface area contributed by atoms with Gasteiger partial charge in [0.2, 0.25) is 0 Å². The van der Waals surface area contributed by atoms with E-state index in [1.807, 2.05) is 63.2 Å². The summed E-state index contributed by atoms with van der Waals surface area (Å²) < 4.78 is 17.9. The zero-order valence-corrected chi connectivity index (χ0v) is 18.5. The first-order chi connectivity index (χ1) is 15.4. The molecule has 1 heterocycles. The molecule has 32 heavy (non-hydrogen) atoms. The lowest BCUT2D eigenvalue weighted by Crippen LogP contribution is -2.23. The lowest BCUT2D eigenvalue weighted by molar-refractivity contribution is -0.146. The Bertz CT molecular complexity index is 1080. The Morgan fingerprint density at radius 2 is 1.50 bits per heavy atom. The summed E-state index contributed by atoms with van der Waals surface area (Å²) in [5, 5.41) is 7.12. The Morgan fingerprint density at radius 3 is 2.12 bits per heavy atom. The monoisotopic (exact) mass is 437 g/mol.